The first kappa shape index (κ1) is 11.2. The molecule has 0 atom stereocenters. The smallest absolute Gasteiger partial charge is 0.213 e. The van der Waals surface area contributed by atoms with Crippen molar-refractivity contribution in [1.29, 1.82) is 5.26 Å². The van der Waals surface area contributed by atoms with Crippen molar-refractivity contribution in [1.82, 2.24) is 15.2 Å². The second-order valence-corrected chi connectivity index (χ2v) is 4.89. The van der Waals surface area contributed by atoms with Crippen LogP contribution in [0.25, 0.3) is 0 Å². The molecule has 16 heavy (non-hydrogen) atoms. The number of aromatic amines is 1. The predicted octanol–water partition coefficient (Wildman–Crippen LogP) is 2.90. The van der Waals surface area contributed by atoms with Crippen LogP contribution in [0.4, 0.5) is 0 Å². The number of halogens is 1. The van der Waals surface area contributed by atoms with Gasteiger partial charge in [0.25, 0.3) is 0 Å². The molecule has 0 saturated carbocycles. The molecule has 0 unspecified atom stereocenters. The Morgan fingerprint density at radius 2 is 2.31 bits per heavy atom. The van der Waals surface area contributed by atoms with E-state index >= 15 is 0 Å². The van der Waals surface area contributed by atoms with Gasteiger partial charge < -0.3 is 0 Å². The topological polar surface area (TPSA) is 65.4 Å². The lowest BCUT2D eigenvalue weighted by Gasteiger charge is -2.01. The lowest BCUT2D eigenvalue weighted by Crippen LogP contribution is -1.84. The Balaban J connectivity index is 2.35. The molecule has 6 heteroatoms. The van der Waals surface area contributed by atoms with E-state index < -0.39 is 0 Å². The van der Waals surface area contributed by atoms with Crippen LogP contribution in [0.15, 0.2) is 32.7 Å². The van der Waals surface area contributed by atoms with Gasteiger partial charge in [-0.2, -0.15) is 5.26 Å². The van der Waals surface area contributed by atoms with Crippen LogP contribution in [0, 0.1) is 18.3 Å². The van der Waals surface area contributed by atoms with Crippen LogP contribution in [-0.2, 0) is 0 Å². The highest BCUT2D eigenvalue weighted by Gasteiger charge is 2.09. The SMILES string of the molecule is Cc1nc(Sc2cccc(Br)c2C#N)n[nH]1. The summed E-state index contributed by atoms with van der Waals surface area (Å²) in [6, 6.07) is 7.75. The third kappa shape index (κ3) is 2.26. The molecule has 0 radical (unpaired) electrons. The van der Waals surface area contributed by atoms with Gasteiger partial charge in [-0.1, -0.05) is 6.07 Å². The summed E-state index contributed by atoms with van der Waals surface area (Å²) in [5.74, 6) is 0.760. The van der Waals surface area contributed by atoms with E-state index in [-0.39, 0.29) is 0 Å². The molecule has 0 saturated heterocycles. The Morgan fingerprint density at radius 3 is 2.94 bits per heavy atom. The first-order chi connectivity index (χ1) is 7.70. The summed E-state index contributed by atoms with van der Waals surface area (Å²) >= 11 is 4.71. The fourth-order valence-corrected chi connectivity index (χ4v) is 2.62. The van der Waals surface area contributed by atoms with Crippen LogP contribution < -0.4 is 0 Å². The predicted molar refractivity (Wildman–Crippen MR) is 64.1 cm³/mol. The van der Waals surface area contributed by atoms with Crippen LogP contribution in [0.1, 0.15) is 11.4 Å². The molecule has 1 N–H and O–H groups in total. The largest absolute Gasteiger partial charge is 0.262 e. The molecular formula is C10H7BrN4S. The van der Waals surface area contributed by atoms with Crippen molar-refractivity contribution in [3.05, 3.63) is 34.1 Å². The molecule has 0 aliphatic heterocycles. The number of nitriles is 1. The van der Waals surface area contributed by atoms with Crippen molar-refractivity contribution in [2.45, 2.75) is 17.0 Å². The molecule has 2 rings (SSSR count). The first-order valence-electron chi connectivity index (χ1n) is 4.46. The van der Waals surface area contributed by atoms with Crippen molar-refractivity contribution in [2.75, 3.05) is 0 Å². The van der Waals surface area contributed by atoms with E-state index in [2.05, 4.69) is 37.2 Å². The van der Waals surface area contributed by atoms with Crippen LogP contribution in [0.3, 0.4) is 0 Å². The van der Waals surface area contributed by atoms with Gasteiger partial charge >= 0.3 is 0 Å². The summed E-state index contributed by atoms with van der Waals surface area (Å²) in [5.41, 5.74) is 0.606. The van der Waals surface area contributed by atoms with Gasteiger partial charge in [-0.25, -0.2) is 4.98 Å². The molecule has 0 aliphatic rings. The number of hydrogen-bond acceptors (Lipinski definition) is 4. The highest BCUT2D eigenvalue weighted by molar-refractivity contribution is 9.10. The van der Waals surface area contributed by atoms with Gasteiger partial charge in [-0.3, -0.25) is 5.10 Å². The van der Waals surface area contributed by atoms with Crippen molar-refractivity contribution >= 4 is 27.7 Å². The van der Waals surface area contributed by atoms with Gasteiger partial charge in [0.1, 0.15) is 11.9 Å². The molecule has 1 aromatic heterocycles. The van der Waals surface area contributed by atoms with Crippen LogP contribution >= 0.6 is 27.7 Å². The number of benzene rings is 1. The van der Waals surface area contributed by atoms with E-state index in [1.54, 1.807) is 0 Å². The summed E-state index contributed by atoms with van der Waals surface area (Å²) < 4.78 is 0.784. The average molecular weight is 295 g/mol. The fourth-order valence-electron chi connectivity index (χ4n) is 1.16. The summed E-state index contributed by atoms with van der Waals surface area (Å²) in [6.45, 7) is 1.84. The Morgan fingerprint density at radius 1 is 1.50 bits per heavy atom. The van der Waals surface area contributed by atoms with Gasteiger partial charge in [0.15, 0.2) is 0 Å². The van der Waals surface area contributed by atoms with E-state index in [0.717, 1.165) is 15.2 Å². The van der Waals surface area contributed by atoms with Crippen molar-refractivity contribution in [2.24, 2.45) is 0 Å². The Bertz CT molecular complexity index is 558. The summed E-state index contributed by atoms with van der Waals surface area (Å²) in [4.78, 5) is 5.03. The Hall–Kier alpha value is -1.32. The van der Waals surface area contributed by atoms with Crippen molar-refractivity contribution < 1.29 is 0 Å². The van der Waals surface area contributed by atoms with Gasteiger partial charge in [0, 0.05) is 9.37 Å². The third-order valence-corrected chi connectivity index (χ3v) is 3.45. The minimum atomic E-state index is 0.606. The highest BCUT2D eigenvalue weighted by Crippen LogP contribution is 2.31. The minimum absolute atomic E-state index is 0.606. The number of rotatable bonds is 2. The van der Waals surface area contributed by atoms with Crippen LogP contribution in [0.5, 0.6) is 0 Å². The summed E-state index contributed by atoms with van der Waals surface area (Å²) in [6.07, 6.45) is 0. The molecule has 0 spiro atoms. The molecule has 0 aliphatic carbocycles. The maximum absolute atomic E-state index is 9.04. The number of nitrogens with one attached hydrogen (secondary N) is 1. The Labute approximate surface area is 105 Å². The van der Waals surface area contributed by atoms with E-state index in [4.69, 9.17) is 5.26 Å². The number of H-pyrrole nitrogens is 1. The second kappa shape index (κ2) is 4.68. The maximum Gasteiger partial charge on any atom is 0.213 e. The molecule has 80 valence electrons. The quantitative estimate of drug-likeness (QED) is 0.925. The number of nitrogens with zero attached hydrogens (tertiary/aromatic N) is 3. The maximum atomic E-state index is 9.04. The van der Waals surface area contributed by atoms with E-state index in [9.17, 15) is 0 Å². The molecular weight excluding hydrogens is 288 g/mol. The second-order valence-electron chi connectivity index (χ2n) is 3.03. The molecule has 0 amide bonds. The number of aromatic nitrogens is 3. The zero-order chi connectivity index (χ0) is 11.5. The zero-order valence-electron chi connectivity index (χ0n) is 8.36. The lowest BCUT2D eigenvalue weighted by atomic mass is 10.2. The summed E-state index contributed by atoms with van der Waals surface area (Å²) in [7, 11) is 0. The number of aryl methyl sites for hydroxylation is 1. The molecule has 1 heterocycles. The van der Waals surface area contributed by atoms with E-state index in [1.165, 1.54) is 11.8 Å². The molecule has 2 aromatic rings. The average Bonchev–Trinajstić information content (AvgIpc) is 2.64. The minimum Gasteiger partial charge on any atom is -0.262 e. The van der Waals surface area contributed by atoms with Crippen molar-refractivity contribution in [3.63, 3.8) is 0 Å². The highest BCUT2D eigenvalue weighted by atomic mass is 79.9. The monoisotopic (exact) mass is 294 g/mol. The first-order valence-corrected chi connectivity index (χ1v) is 6.07. The lowest BCUT2D eigenvalue weighted by molar-refractivity contribution is 0.969. The standard InChI is InChI=1S/C10H7BrN4S/c1-6-13-10(15-14-6)16-9-4-2-3-8(11)7(9)5-12/h2-4H,1H3,(H,13,14,15). The summed E-state index contributed by atoms with van der Waals surface area (Å²) in [5, 5.41) is 16.4. The van der Waals surface area contributed by atoms with Gasteiger partial charge in [0.2, 0.25) is 5.16 Å². The van der Waals surface area contributed by atoms with Gasteiger partial charge in [-0.15, -0.1) is 5.10 Å². The molecule has 0 fully saturated rings. The van der Waals surface area contributed by atoms with Crippen LogP contribution in [-0.4, -0.2) is 15.2 Å². The molecule has 4 nitrogen and oxygen atoms in total. The molecule has 1 aromatic carbocycles. The normalized spacial score (nSPS) is 10.1. The number of hydrogen-bond donors (Lipinski definition) is 1. The Kier molecular flexibility index (Phi) is 3.27. The zero-order valence-corrected chi connectivity index (χ0v) is 10.8. The van der Waals surface area contributed by atoms with E-state index in [1.807, 2.05) is 25.1 Å². The van der Waals surface area contributed by atoms with Gasteiger partial charge in [0.05, 0.1) is 5.56 Å². The third-order valence-electron chi connectivity index (χ3n) is 1.87. The van der Waals surface area contributed by atoms with E-state index in [0.29, 0.717) is 10.7 Å². The molecule has 0 bridgehead atoms. The van der Waals surface area contributed by atoms with Crippen LogP contribution in [0.2, 0.25) is 0 Å². The van der Waals surface area contributed by atoms with Crippen molar-refractivity contribution in [3.8, 4) is 6.07 Å². The fraction of sp³-hybridized carbons (Fsp3) is 0.100. The van der Waals surface area contributed by atoms with Gasteiger partial charge in [-0.05, 0) is 46.7 Å².